The summed E-state index contributed by atoms with van der Waals surface area (Å²) in [6.07, 6.45) is 2.16. The lowest BCUT2D eigenvalue weighted by atomic mass is 10.2. The molecular weight excluding hydrogens is 372 g/mol. The van der Waals surface area contributed by atoms with Crippen molar-refractivity contribution in [3.63, 3.8) is 0 Å². The summed E-state index contributed by atoms with van der Waals surface area (Å²) in [6.45, 7) is 0. The molecule has 3 N–H and O–H groups in total. The van der Waals surface area contributed by atoms with Gasteiger partial charge in [-0.15, -0.1) is 0 Å². The summed E-state index contributed by atoms with van der Waals surface area (Å²) in [4.78, 5) is 22.1. The summed E-state index contributed by atoms with van der Waals surface area (Å²) in [5.74, 6) is -1.86. The molecule has 0 radical (unpaired) electrons. The van der Waals surface area contributed by atoms with Crippen molar-refractivity contribution in [1.82, 2.24) is 0 Å². The lowest BCUT2D eigenvalue weighted by Gasteiger charge is -2.22. The number of sulfonamides is 1. The number of carbonyl (C=O) groups is 2. The molecule has 0 aliphatic heterocycles. The molecule has 9 heteroatoms. The third-order valence-corrected chi connectivity index (χ3v) is 5.55. The number of carboxylic acids is 1. The van der Waals surface area contributed by atoms with Crippen molar-refractivity contribution in [1.29, 1.82) is 0 Å². The lowest BCUT2D eigenvalue weighted by molar-refractivity contribution is -0.131. The summed E-state index contributed by atoms with van der Waals surface area (Å²) in [5, 5.41) is 8.74. The molecule has 27 heavy (non-hydrogen) atoms. The van der Waals surface area contributed by atoms with Crippen LogP contribution in [0.5, 0.6) is 5.75 Å². The quantitative estimate of drug-likeness (QED) is 0.693. The molecule has 0 saturated heterocycles. The smallest absolute Gasteiger partial charge is 0.328 e. The maximum Gasteiger partial charge on any atom is 0.328 e. The number of amides is 1. The first-order valence-electron chi connectivity index (χ1n) is 7.65. The fourth-order valence-corrected chi connectivity index (χ4v) is 3.80. The normalized spacial score (nSPS) is 11.3. The molecule has 0 atom stereocenters. The van der Waals surface area contributed by atoms with Gasteiger partial charge in [0.25, 0.3) is 15.9 Å². The maximum atomic E-state index is 13.1. The van der Waals surface area contributed by atoms with Gasteiger partial charge in [-0.3, -0.25) is 9.10 Å². The zero-order chi connectivity index (χ0) is 20.2. The van der Waals surface area contributed by atoms with Crippen molar-refractivity contribution < 1.29 is 27.9 Å². The minimum atomic E-state index is -4.13. The van der Waals surface area contributed by atoms with Crippen LogP contribution < -0.4 is 14.8 Å². The molecule has 0 aliphatic carbocycles. The van der Waals surface area contributed by atoms with Gasteiger partial charge in [-0.2, -0.15) is 0 Å². The number of hydrogen-bond acceptors (Lipinski definition) is 5. The number of carboxylic acid groups (broad SMARTS) is 1. The van der Waals surface area contributed by atoms with E-state index in [0.717, 1.165) is 10.4 Å². The van der Waals surface area contributed by atoms with Gasteiger partial charge in [-0.05, 0) is 35.9 Å². The Morgan fingerprint density at radius 2 is 1.85 bits per heavy atom. The van der Waals surface area contributed by atoms with Crippen LogP contribution in [0.2, 0.25) is 0 Å². The predicted octanol–water partition coefficient (Wildman–Crippen LogP) is 1.72. The van der Waals surface area contributed by atoms with E-state index in [1.54, 1.807) is 12.1 Å². The Hall–Kier alpha value is -3.33. The Morgan fingerprint density at radius 1 is 1.19 bits per heavy atom. The third-order valence-electron chi connectivity index (χ3n) is 3.75. The molecule has 0 aromatic heterocycles. The number of methoxy groups -OCH3 is 1. The van der Waals surface area contributed by atoms with Crippen LogP contribution in [-0.4, -0.2) is 39.6 Å². The minimum absolute atomic E-state index is 0.0458. The van der Waals surface area contributed by atoms with E-state index in [4.69, 9.17) is 15.6 Å². The van der Waals surface area contributed by atoms with Crippen LogP contribution in [0.1, 0.15) is 15.9 Å². The second kappa shape index (κ2) is 7.92. The first kappa shape index (κ1) is 20.0. The number of hydrogen-bond donors (Lipinski definition) is 2. The van der Waals surface area contributed by atoms with Crippen LogP contribution in [0, 0.1) is 0 Å². The highest BCUT2D eigenvalue weighted by atomic mass is 32.2. The summed E-state index contributed by atoms with van der Waals surface area (Å²) in [5.41, 5.74) is 5.84. The van der Waals surface area contributed by atoms with Crippen LogP contribution in [-0.2, 0) is 14.8 Å². The highest BCUT2D eigenvalue weighted by Crippen LogP contribution is 2.31. The van der Waals surface area contributed by atoms with Crippen LogP contribution in [0.4, 0.5) is 5.69 Å². The largest absolute Gasteiger partial charge is 0.495 e. The topological polar surface area (TPSA) is 127 Å². The number of anilines is 1. The van der Waals surface area contributed by atoms with Crippen molar-refractivity contribution >= 4 is 33.7 Å². The van der Waals surface area contributed by atoms with E-state index in [1.165, 1.54) is 50.6 Å². The Morgan fingerprint density at radius 3 is 2.44 bits per heavy atom. The third kappa shape index (κ3) is 4.26. The predicted molar refractivity (Wildman–Crippen MR) is 100 cm³/mol. The summed E-state index contributed by atoms with van der Waals surface area (Å²) < 4.78 is 32.3. The van der Waals surface area contributed by atoms with Gasteiger partial charge in [0.2, 0.25) is 0 Å². The number of nitrogens with two attached hydrogens (primary N) is 1. The van der Waals surface area contributed by atoms with Crippen LogP contribution >= 0.6 is 0 Å². The number of benzene rings is 2. The number of primary amides is 1. The molecule has 0 unspecified atom stereocenters. The molecule has 1 amide bonds. The number of ether oxygens (including phenoxy) is 1. The fourth-order valence-electron chi connectivity index (χ4n) is 2.40. The highest BCUT2D eigenvalue weighted by molar-refractivity contribution is 7.93. The van der Waals surface area contributed by atoms with E-state index in [-0.39, 0.29) is 21.9 Å². The van der Waals surface area contributed by atoms with Gasteiger partial charge < -0.3 is 15.6 Å². The van der Waals surface area contributed by atoms with Gasteiger partial charge in [-0.1, -0.05) is 18.2 Å². The highest BCUT2D eigenvalue weighted by Gasteiger charge is 2.27. The molecule has 0 aliphatic rings. The van der Waals surface area contributed by atoms with Gasteiger partial charge in [-0.25, -0.2) is 13.2 Å². The fraction of sp³-hybridized carbons (Fsp3) is 0.111. The second-order valence-electron chi connectivity index (χ2n) is 5.44. The average molecular weight is 390 g/mol. The first-order chi connectivity index (χ1) is 12.7. The molecule has 2 rings (SSSR count). The van der Waals surface area contributed by atoms with Crippen molar-refractivity contribution in [2.75, 3.05) is 18.5 Å². The molecule has 0 bridgehead atoms. The molecule has 0 spiro atoms. The van der Waals surface area contributed by atoms with Gasteiger partial charge in [0.1, 0.15) is 10.6 Å². The number of aliphatic carboxylic acids is 1. The number of nitrogens with zero attached hydrogens (tertiary/aromatic N) is 1. The molecule has 8 nitrogen and oxygen atoms in total. The van der Waals surface area contributed by atoms with E-state index in [1.807, 2.05) is 0 Å². The second-order valence-corrected chi connectivity index (χ2v) is 7.37. The molecule has 2 aromatic rings. The van der Waals surface area contributed by atoms with Crippen molar-refractivity contribution in [2.24, 2.45) is 5.73 Å². The summed E-state index contributed by atoms with van der Waals surface area (Å²) >= 11 is 0. The molecule has 0 fully saturated rings. The van der Waals surface area contributed by atoms with Gasteiger partial charge >= 0.3 is 5.97 Å². The molecular formula is C18H18N2O6S. The van der Waals surface area contributed by atoms with E-state index < -0.39 is 21.9 Å². The molecule has 0 heterocycles. The minimum Gasteiger partial charge on any atom is -0.495 e. The monoisotopic (exact) mass is 390 g/mol. The summed E-state index contributed by atoms with van der Waals surface area (Å²) in [6, 6.07) is 10.3. The van der Waals surface area contributed by atoms with Gasteiger partial charge in [0.15, 0.2) is 0 Å². The first-order valence-corrected chi connectivity index (χ1v) is 9.09. The van der Waals surface area contributed by atoms with Gasteiger partial charge in [0.05, 0.1) is 18.4 Å². The number of carbonyl (C=O) groups excluding carboxylic acids is 1. The van der Waals surface area contributed by atoms with Gasteiger partial charge in [0, 0.05) is 13.1 Å². The van der Waals surface area contributed by atoms with Crippen LogP contribution in [0.15, 0.2) is 53.4 Å². The molecule has 142 valence electrons. The Balaban J connectivity index is 2.60. The Kier molecular flexibility index (Phi) is 5.86. The van der Waals surface area contributed by atoms with E-state index in [0.29, 0.717) is 5.56 Å². The average Bonchev–Trinajstić information content (AvgIpc) is 2.65. The standard InChI is InChI=1S/C18H18N2O6S/c1-20(14-6-4-3-5-13(14)18(19)23)27(24,25)16-11-12(8-10-17(21)22)7-9-15(16)26-2/h3-11H,1-2H3,(H2,19,23)(H,21,22)/b10-8+. The molecule has 2 aromatic carbocycles. The van der Waals surface area contributed by atoms with Crippen molar-refractivity contribution in [3.8, 4) is 5.75 Å². The Labute approximate surface area is 156 Å². The number of para-hydroxylation sites is 1. The van der Waals surface area contributed by atoms with Crippen molar-refractivity contribution in [3.05, 3.63) is 59.7 Å². The van der Waals surface area contributed by atoms with E-state index in [2.05, 4.69) is 0 Å². The van der Waals surface area contributed by atoms with E-state index in [9.17, 15) is 18.0 Å². The summed E-state index contributed by atoms with van der Waals surface area (Å²) in [7, 11) is -1.53. The van der Waals surface area contributed by atoms with E-state index >= 15 is 0 Å². The van der Waals surface area contributed by atoms with Crippen LogP contribution in [0.25, 0.3) is 6.08 Å². The number of rotatable bonds is 7. The Bertz CT molecular complexity index is 1010. The van der Waals surface area contributed by atoms with Crippen molar-refractivity contribution in [2.45, 2.75) is 4.90 Å². The van der Waals surface area contributed by atoms with Crippen LogP contribution in [0.3, 0.4) is 0 Å². The maximum absolute atomic E-state index is 13.1. The SMILES string of the molecule is COc1ccc(/C=C/C(=O)O)cc1S(=O)(=O)N(C)c1ccccc1C(N)=O. The zero-order valence-corrected chi connectivity index (χ0v) is 15.4. The molecule has 0 saturated carbocycles. The lowest BCUT2D eigenvalue weighted by Crippen LogP contribution is -2.29. The zero-order valence-electron chi connectivity index (χ0n) is 14.6.